The summed E-state index contributed by atoms with van der Waals surface area (Å²) in [4.78, 5) is 30.1. The average Bonchev–Trinajstić information content (AvgIpc) is 3.56. The number of hydrogen-bond donors (Lipinski definition) is 1. The first-order valence-corrected chi connectivity index (χ1v) is 17.5. The van der Waals surface area contributed by atoms with Crippen LogP contribution in [0.5, 0.6) is 0 Å². The van der Waals surface area contributed by atoms with Gasteiger partial charge in [0.25, 0.3) is 10.0 Å². The highest BCUT2D eigenvalue weighted by atomic mass is 35.5. The molecule has 7 nitrogen and oxygen atoms in total. The molecule has 240 valence electrons. The lowest BCUT2D eigenvalue weighted by Gasteiger charge is -2.34. The quantitative estimate of drug-likeness (QED) is 0.172. The minimum Gasteiger partial charge on any atom is -0.352 e. The molecule has 1 fully saturated rings. The van der Waals surface area contributed by atoms with E-state index in [4.69, 9.17) is 23.2 Å². The molecule has 1 aliphatic carbocycles. The number of anilines is 1. The van der Waals surface area contributed by atoms with Crippen LogP contribution in [0.3, 0.4) is 0 Å². The molecule has 0 unspecified atom stereocenters. The van der Waals surface area contributed by atoms with E-state index in [9.17, 15) is 18.0 Å². The number of rotatable bonds is 12. The van der Waals surface area contributed by atoms with Gasteiger partial charge in [-0.2, -0.15) is 0 Å². The molecule has 1 N–H and O–H groups in total. The SMILES string of the molecule is Cc1ccc(CN(C(=O)CN(c2cccc(Cl)c2)S(=O)(=O)c2ccc(Cl)cc2)[C@H](Cc2ccccc2)C(=O)NC2CCCC2)cc1. The Kier molecular flexibility index (Phi) is 11.0. The van der Waals surface area contributed by atoms with Gasteiger partial charge >= 0.3 is 0 Å². The van der Waals surface area contributed by atoms with Crippen molar-refractivity contribution in [1.82, 2.24) is 10.2 Å². The third-order valence-electron chi connectivity index (χ3n) is 8.22. The summed E-state index contributed by atoms with van der Waals surface area (Å²) in [7, 11) is -4.25. The van der Waals surface area contributed by atoms with Crippen LogP contribution in [-0.4, -0.2) is 43.8 Å². The van der Waals surface area contributed by atoms with Gasteiger partial charge in [0.15, 0.2) is 0 Å². The molecule has 0 bridgehead atoms. The van der Waals surface area contributed by atoms with E-state index in [2.05, 4.69) is 5.32 Å². The Morgan fingerprint density at radius 2 is 1.50 bits per heavy atom. The molecule has 5 rings (SSSR count). The normalized spacial score (nSPS) is 14.1. The zero-order valence-corrected chi connectivity index (χ0v) is 27.9. The predicted molar refractivity (Wildman–Crippen MR) is 183 cm³/mol. The third kappa shape index (κ3) is 8.49. The molecular formula is C36H37Cl2N3O4S. The molecule has 1 aliphatic rings. The highest BCUT2D eigenvalue weighted by molar-refractivity contribution is 7.92. The van der Waals surface area contributed by atoms with Crippen LogP contribution in [0, 0.1) is 6.92 Å². The van der Waals surface area contributed by atoms with Crippen LogP contribution >= 0.6 is 23.2 Å². The molecule has 46 heavy (non-hydrogen) atoms. The van der Waals surface area contributed by atoms with Crippen molar-refractivity contribution < 1.29 is 18.0 Å². The fourth-order valence-electron chi connectivity index (χ4n) is 5.71. The summed E-state index contributed by atoms with van der Waals surface area (Å²) in [6, 6.07) is 28.5. The van der Waals surface area contributed by atoms with E-state index in [-0.39, 0.29) is 35.5 Å². The average molecular weight is 679 g/mol. The Labute approximate surface area is 281 Å². The number of carbonyl (C=O) groups is 2. The van der Waals surface area contributed by atoms with Crippen molar-refractivity contribution in [2.24, 2.45) is 0 Å². The minimum absolute atomic E-state index is 0.0328. The monoisotopic (exact) mass is 677 g/mol. The molecule has 10 heteroatoms. The molecule has 0 radical (unpaired) electrons. The largest absolute Gasteiger partial charge is 0.352 e. The lowest BCUT2D eigenvalue weighted by Crippen LogP contribution is -2.54. The Hall–Kier alpha value is -3.85. The molecule has 0 saturated heterocycles. The van der Waals surface area contributed by atoms with Gasteiger partial charge in [-0.05, 0) is 73.4 Å². The number of nitrogens with zero attached hydrogens (tertiary/aromatic N) is 2. The molecule has 0 aliphatic heterocycles. The second kappa shape index (κ2) is 15.2. The number of nitrogens with one attached hydrogen (secondary N) is 1. The van der Waals surface area contributed by atoms with Gasteiger partial charge in [0, 0.05) is 29.1 Å². The number of hydrogen-bond acceptors (Lipinski definition) is 4. The van der Waals surface area contributed by atoms with Gasteiger partial charge in [-0.15, -0.1) is 0 Å². The molecule has 1 atom stereocenters. The maximum Gasteiger partial charge on any atom is 0.264 e. The molecule has 0 heterocycles. The molecule has 2 amide bonds. The van der Waals surface area contributed by atoms with Crippen LogP contribution in [-0.2, 0) is 32.6 Å². The van der Waals surface area contributed by atoms with Crippen LogP contribution in [0.2, 0.25) is 10.0 Å². The van der Waals surface area contributed by atoms with Crippen LogP contribution in [0.25, 0.3) is 0 Å². The molecule has 0 aromatic heterocycles. The maximum absolute atomic E-state index is 14.6. The van der Waals surface area contributed by atoms with Gasteiger partial charge in [0.2, 0.25) is 11.8 Å². The van der Waals surface area contributed by atoms with Crippen LogP contribution < -0.4 is 9.62 Å². The predicted octanol–water partition coefficient (Wildman–Crippen LogP) is 7.20. The fraction of sp³-hybridized carbons (Fsp3) is 0.278. The molecule has 4 aromatic carbocycles. The number of amides is 2. The van der Waals surface area contributed by atoms with Gasteiger partial charge in [0.1, 0.15) is 12.6 Å². The summed E-state index contributed by atoms with van der Waals surface area (Å²) in [5, 5.41) is 3.88. The van der Waals surface area contributed by atoms with Crippen LogP contribution in [0.1, 0.15) is 42.4 Å². The van der Waals surface area contributed by atoms with Gasteiger partial charge < -0.3 is 10.2 Å². The van der Waals surface area contributed by atoms with Gasteiger partial charge in [-0.1, -0.05) is 102 Å². The van der Waals surface area contributed by atoms with Crippen molar-refractivity contribution in [3.05, 3.63) is 130 Å². The van der Waals surface area contributed by atoms with E-state index in [1.54, 1.807) is 18.2 Å². The second-order valence-corrected chi connectivity index (χ2v) is 14.4. The topological polar surface area (TPSA) is 86.8 Å². The summed E-state index contributed by atoms with van der Waals surface area (Å²) >= 11 is 12.4. The summed E-state index contributed by atoms with van der Waals surface area (Å²) in [5.74, 6) is -0.785. The Balaban J connectivity index is 1.56. The summed E-state index contributed by atoms with van der Waals surface area (Å²) < 4.78 is 29.3. The summed E-state index contributed by atoms with van der Waals surface area (Å²) in [5.41, 5.74) is 2.99. The standard InChI is InChI=1S/C36H37Cl2N3O4S/c1-26-14-16-28(17-15-26)24-40(34(22-27-8-3-2-4-9-27)36(43)39-31-11-5-6-12-31)35(42)25-41(32-13-7-10-30(38)23-32)46(44,45)33-20-18-29(37)19-21-33/h2-4,7-10,13-21,23,31,34H,5-6,11-12,22,24-25H2,1H3,(H,39,43)/t34-/m1/s1. The number of halogens is 2. The summed E-state index contributed by atoms with van der Waals surface area (Å²) in [6.07, 6.45) is 4.11. The van der Waals surface area contributed by atoms with Crippen LogP contribution in [0.4, 0.5) is 5.69 Å². The van der Waals surface area contributed by atoms with Gasteiger partial charge in [-0.25, -0.2) is 8.42 Å². The van der Waals surface area contributed by atoms with Crippen molar-refractivity contribution in [1.29, 1.82) is 0 Å². The van der Waals surface area contributed by atoms with Crippen molar-refractivity contribution in [3.8, 4) is 0 Å². The van der Waals surface area contributed by atoms with E-state index in [1.165, 1.54) is 35.2 Å². The smallest absolute Gasteiger partial charge is 0.264 e. The van der Waals surface area contributed by atoms with E-state index in [0.29, 0.717) is 10.0 Å². The van der Waals surface area contributed by atoms with E-state index >= 15 is 0 Å². The number of sulfonamides is 1. The van der Waals surface area contributed by atoms with Crippen molar-refractivity contribution in [2.75, 3.05) is 10.8 Å². The first-order valence-electron chi connectivity index (χ1n) is 15.3. The fourth-order valence-corrected chi connectivity index (χ4v) is 7.42. The first-order chi connectivity index (χ1) is 22.1. The Morgan fingerprint density at radius 3 is 2.15 bits per heavy atom. The second-order valence-electron chi connectivity index (χ2n) is 11.6. The Morgan fingerprint density at radius 1 is 0.826 bits per heavy atom. The number of carbonyl (C=O) groups excluding carboxylic acids is 2. The molecule has 1 saturated carbocycles. The molecule has 4 aromatic rings. The summed E-state index contributed by atoms with van der Waals surface area (Å²) in [6.45, 7) is 1.53. The molecular weight excluding hydrogens is 641 g/mol. The lowest BCUT2D eigenvalue weighted by atomic mass is 10.0. The van der Waals surface area contributed by atoms with E-state index < -0.39 is 28.5 Å². The van der Waals surface area contributed by atoms with Crippen molar-refractivity contribution in [2.45, 2.75) is 62.6 Å². The van der Waals surface area contributed by atoms with E-state index in [1.807, 2.05) is 61.5 Å². The highest BCUT2D eigenvalue weighted by Crippen LogP contribution is 2.28. The number of aryl methyl sites for hydroxylation is 1. The maximum atomic E-state index is 14.6. The van der Waals surface area contributed by atoms with Crippen LogP contribution in [0.15, 0.2) is 108 Å². The lowest BCUT2D eigenvalue weighted by molar-refractivity contribution is -0.140. The third-order valence-corrected chi connectivity index (χ3v) is 10.5. The minimum atomic E-state index is -4.25. The van der Waals surface area contributed by atoms with Crippen molar-refractivity contribution >= 4 is 50.7 Å². The van der Waals surface area contributed by atoms with E-state index in [0.717, 1.165) is 46.7 Å². The van der Waals surface area contributed by atoms with Crippen molar-refractivity contribution in [3.63, 3.8) is 0 Å². The Bertz CT molecular complexity index is 1740. The zero-order chi connectivity index (χ0) is 32.7. The van der Waals surface area contributed by atoms with Gasteiger partial charge in [0.05, 0.1) is 10.6 Å². The zero-order valence-electron chi connectivity index (χ0n) is 25.6. The van der Waals surface area contributed by atoms with Gasteiger partial charge in [-0.3, -0.25) is 13.9 Å². The molecule has 0 spiro atoms. The highest BCUT2D eigenvalue weighted by Gasteiger charge is 2.35. The first kappa shape index (κ1) is 33.5. The number of benzene rings is 4.